The van der Waals surface area contributed by atoms with E-state index in [1.54, 1.807) is 30.3 Å². The Kier molecular flexibility index (Phi) is 7.48. The summed E-state index contributed by atoms with van der Waals surface area (Å²) < 4.78 is 5.61. The highest BCUT2D eigenvalue weighted by Crippen LogP contribution is 2.15. The summed E-state index contributed by atoms with van der Waals surface area (Å²) in [6.45, 7) is 4.03. The lowest BCUT2D eigenvalue weighted by molar-refractivity contribution is -0.119. The van der Waals surface area contributed by atoms with Crippen LogP contribution >= 0.6 is 15.9 Å². The lowest BCUT2D eigenvalue weighted by Gasteiger charge is -2.12. The fraction of sp³-hybridized carbons (Fsp3) is 0.263. The molecule has 2 aromatic rings. The van der Waals surface area contributed by atoms with Gasteiger partial charge in [-0.05, 0) is 40.0 Å². The van der Waals surface area contributed by atoms with Crippen LogP contribution in [0.3, 0.4) is 0 Å². The van der Waals surface area contributed by atoms with E-state index in [1.807, 2.05) is 13.8 Å². The average Bonchev–Trinajstić information content (AvgIpc) is 2.64. The third-order valence-electron chi connectivity index (χ3n) is 3.39. The van der Waals surface area contributed by atoms with E-state index in [9.17, 15) is 14.4 Å². The van der Waals surface area contributed by atoms with Crippen LogP contribution in [0.5, 0.6) is 0 Å². The normalized spacial score (nSPS) is 10.4. The SMILES string of the molecule is CC(C)CNC(=O)c1ccccc1NC(=O)COC(=O)c1cncc(Br)c1. The first-order valence-corrected chi connectivity index (χ1v) is 9.11. The topological polar surface area (TPSA) is 97.4 Å². The summed E-state index contributed by atoms with van der Waals surface area (Å²) in [6, 6.07) is 8.18. The van der Waals surface area contributed by atoms with Crippen molar-refractivity contribution in [1.82, 2.24) is 10.3 Å². The van der Waals surface area contributed by atoms with Gasteiger partial charge in [-0.15, -0.1) is 0 Å². The van der Waals surface area contributed by atoms with Gasteiger partial charge in [0.05, 0.1) is 16.8 Å². The fourth-order valence-corrected chi connectivity index (χ4v) is 2.47. The molecule has 1 aromatic heterocycles. The quantitative estimate of drug-likeness (QED) is 0.653. The summed E-state index contributed by atoms with van der Waals surface area (Å²) in [5.74, 6) is -1.18. The molecule has 0 radical (unpaired) electrons. The molecular formula is C19H20BrN3O4. The number of rotatable bonds is 7. The summed E-state index contributed by atoms with van der Waals surface area (Å²) in [6.07, 6.45) is 2.88. The number of benzene rings is 1. The number of amides is 2. The van der Waals surface area contributed by atoms with Gasteiger partial charge in [0.15, 0.2) is 6.61 Å². The van der Waals surface area contributed by atoms with Gasteiger partial charge in [0, 0.05) is 23.4 Å². The molecule has 2 N–H and O–H groups in total. The maximum absolute atomic E-state index is 12.3. The molecule has 0 atom stereocenters. The number of halogens is 1. The maximum Gasteiger partial charge on any atom is 0.340 e. The molecule has 0 saturated heterocycles. The molecule has 0 aliphatic heterocycles. The van der Waals surface area contributed by atoms with Crippen LogP contribution in [-0.2, 0) is 9.53 Å². The molecule has 27 heavy (non-hydrogen) atoms. The first kappa shape index (κ1) is 20.6. The molecule has 0 saturated carbocycles. The van der Waals surface area contributed by atoms with Gasteiger partial charge in [0.1, 0.15) is 0 Å². The first-order chi connectivity index (χ1) is 12.9. The molecule has 0 bridgehead atoms. The van der Waals surface area contributed by atoms with Gasteiger partial charge in [-0.25, -0.2) is 4.79 Å². The van der Waals surface area contributed by atoms with Gasteiger partial charge < -0.3 is 15.4 Å². The summed E-state index contributed by atoms with van der Waals surface area (Å²) in [7, 11) is 0. The zero-order valence-electron chi connectivity index (χ0n) is 15.0. The average molecular weight is 434 g/mol. The zero-order chi connectivity index (χ0) is 19.8. The number of para-hydroxylation sites is 1. The zero-order valence-corrected chi connectivity index (χ0v) is 16.6. The third-order valence-corrected chi connectivity index (χ3v) is 3.83. The minimum atomic E-state index is -0.665. The van der Waals surface area contributed by atoms with E-state index >= 15 is 0 Å². The molecule has 8 heteroatoms. The van der Waals surface area contributed by atoms with E-state index in [1.165, 1.54) is 12.4 Å². The molecule has 0 aliphatic rings. The van der Waals surface area contributed by atoms with Crippen molar-refractivity contribution in [2.24, 2.45) is 5.92 Å². The number of aromatic nitrogens is 1. The number of pyridine rings is 1. The van der Waals surface area contributed by atoms with E-state index in [4.69, 9.17) is 4.74 Å². The van der Waals surface area contributed by atoms with Crippen molar-refractivity contribution >= 4 is 39.4 Å². The molecule has 7 nitrogen and oxygen atoms in total. The Morgan fingerprint density at radius 1 is 1.19 bits per heavy atom. The standard InChI is InChI=1S/C19H20BrN3O4/c1-12(2)8-22-18(25)15-5-3-4-6-16(15)23-17(24)11-27-19(26)13-7-14(20)10-21-9-13/h3-7,9-10,12H,8,11H2,1-2H3,(H,22,25)(H,23,24). The molecule has 2 amide bonds. The highest BCUT2D eigenvalue weighted by Gasteiger charge is 2.15. The highest BCUT2D eigenvalue weighted by atomic mass is 79.9. The van der Waals surface area contributed by atoms with Crippen LogP contribution in [0.1, 0.15) is 34.6 Å². The number of carbonyl (C=O) groups is 3. The van der Waals surface area contributed by atoms with Crippen molar-refractivity contribution in [2.75, 3.05) is 18.5 Å². The molecule has 2 rings (SSSR count). The van der Waals surface area contributed by atoms with E-state index in [0.29, 0.717) is 28.2 Å². The minimum Gasteiger partial charge on any atom is -0.452 e. The second kappa shape index (κ2) is 9.82. The molecule has 0 unspecified atom stereocenters. The summed E-state index contributed by atoms with van der Waals surface area (Å²) in [5.41, 5.74) is 0.920. The van der Waals surface area contributed by atoms with Crippen molar-refractivity contribution in [2.45, 2.75) is 13.8 Å². The van der Waals surface area contributed by atoms with Gasteiger partial charge in [-0.2, -0.15) is 0 Å². The largest absolute Gasteiger partial charge is 0.452 e. The van der Waals surface area contributed by atoms with Crippen LogP contribution in [0.25, 0.3) is 0 Å². The lowest BCUT2D eigenvalue weighted by atomic mass is 10.1. The van der Waals surface area contributed by atoms with Gasteiger partial charge >= 0.3 is 5.97 Å². The van der Waals surface area contributed by atoms with Gasteiger partial charge in [0.25, 0.3) is 11.8 Å². The van der Waals surface area contributed by atoms with Gasteiger partial charge in [0.2, 0.25) is 0 Å². The Bertz CT molecular complexity index is 839. The summed E-state index contributed by atoms with van der Waals surface area (Å²) in [4.78, 5) is 40.2. The fourth-order valence-electron chi connectivity index (χ4n) is 2.11. The van der Waals surface area contributed by atoms with Gasteiger partial charge in [-0.1, -0.05) is 26.0 Å². The number of hydrogen-bond acceptors (Lipinski definition) is 5. The van der Waals surface area contributed by atoms with E-state index in [2.05, 4.69) is 31.5 Å². The predicted molar refractivity (Wildman–Crippen MR) is 104 cm³/mol. The monoisotopic (exact) mass is 433 g/mol. The van der Waals surface area contributed by atoms with E-state index in [0.717, 1.165) is 0 Å². The predicted octanol–water partition coefficient (Wildman–Crippen LogP) is 3.03. The molecule has 0 spiro atoms. The van der Waals surface area contributed by atoms with Gasteiger partial charge in [-0.3, -0.25) is 14.6 Å². The van der Waals surface area contributed by atoms with Crippen molar-refractivity contribution in [3.8, 4) is 0 Å². The van der Waals surface area contributed by atoms with Crippen LogP contribution in [0.4, 0.5) is 5.69 Å². The minimum absolute atomic E-state index is 0.227. The number of ether oxygens (including phenoxy) is 1. The second-order valence-corrected chi connectivity index (χ2v) is 7.08. The number of nitrogens with one attached hydrogen (secondary N) is 2. The lowest BCUT2D eigenvalue weighted by Crippen LogP contribution is -2.29. The molecule has 142 valence electrons. The number of anilines is 1. The summed E-state index contributed by atoms with van der Waals surface area (Å²) >= 11 is 3.21. The van der Waals surface area contributed by atoms with Crippen molar-refractivity contribution < 1.29 is 19.1 Å². The number of nitrogens with zero attached hydrogens (tertiary/aromatic N) is 1. The Labute approximate surface area is 165 Å². The first-order valence-electron chi connectivity index (χ1n) is 8.31. The van der Waals surface area contributed by atoms with Crippen LogP contribution in [0, 0.1) is 5.92 Å². The number of carbonyl (C=O) groups excluding carboxylic acids is 3. The number of hydrogen-bond donors (Lipinski definition) is 2. The molecule has 0 aliphatic carbocycles. The molecule has 1 heterocycles. The molecular weight excluding hydrogens is 414 g/mol. The highest BCUT2D eigenvalue weighted by molar-refractivity contribution is 9.10. The van der Waals surface area contributed by atoms with E-state index < -0.39 is 18.5 Å². The number of esters is 1. The Morgan fingerprint density at radius 2 is 1.93 bits per heavy atom. The van der Waals surface area contributed by atoms with Crippen molar-refractivity contribution in [3.05, 3.63) is 58.3 Å². The van der Waals surface area contributed by atoms with Crippen LogP contribution in [0.15, 0.2) is 47.2 Å². The van der Waals surface area contributed by atoms with E-state index in [-0.39, 0.29) is 11.5 Å². The summed E-state index contributed by atoms with van der Waals surface area (Å²) in [5, 5.41) is 5.40. The van der Waals surface area contributed by atoms with Crippen LogP contribution in [0.2, 0.25) is 0 Å². The van der Waals surface area contributed by atoms with Crippen LogP contribution < -0.4 is 10.6 Å². The van der Waals surface area contributed by atoms with Crippen LogP contribution in [-0.4, -0.2) is 35.9 Å². The van der Waals surface area contributed by atoms with Crippen molar-refractivity contribution in [3.63, 3.8) is 0 Å². The smallest absolute Gasteiger partial charge is 0.340 e. The third kappa shape index (κ3) is 6.49. The molecule has 0 fully saturated rings. The maximum atomic E-state index is 12.3. The Balaban J connectivity index is 1.95. The van der Waals surface area contributed by atoms with Crippen molar-refractivity contribution in [1.29, 1.82) is 0 Å². The Hall–Kier alpha value is -2.74. The molecule has 1 aromatic carbocycles. The Morgan fingerprint density at radius 3 is 2.63 bits per heavy atom. The second-order valence-electron chi connectivity index (χ2n) is 6.17.